The third-order valence-electron chi connectivity index (χ3n) is 4.12. The van der Waals surface area contributed by atoms with Crippen molar-refractivity contribution >= 4 is 11.6 Å². The summed E-state index contributed by atoms with van der Waals surface area (Å²) in [5.74, 6) is 0.155. The first-order valence-corrected chi connectivity index (χ1v) is 7.43. The molecule has 1 heterocycles. The molecule has 0 spiro atoms. The average molecular weight is 275 g/mol. The zero-order chi connectivity index (χ0) is 14.5. The van der Waals surface area contributed by atoms with Gasteiger partial charge in [-0.25, -0.2) is 0 Å². The third kappa shape index (κ3) is 3.31. The summed E-state index contributed by atoms with van der Waals surface area (Å²) in [5.41, 5.74) is 9.19. The summed E-state index contributed by atoms with van der Waals surface area (Å²) in [6.45, 7) is 5.87. The number of aryl methyl sites for hydroxylation is 2. The molecule has 0 saturated carbocycles. The molecule has 0 aliphatic carbocycles. The Morgan fingerprint density at radius 2 is 2.05 bits per heavy atom. The van der Waals surface area contributed by atoms with E-state index < -0.39 is 0 Å². The molecule has 4 nitrogen and oxygen atoms in total. The lowest BCUT2D eigenvalue weighted by Crippen LogP contribution is -2.49. The van der Waals surface area contributed by atoms with Gasteiger partial charge < -0.3 is 16.0 Å². The summed E-state index contributed by atoms with van der Waals surface area (Å²) in [5, 5.41) is 3.29. The predicted octanol–water partition coefficient (Wildman–Crippen LogP) is 2.06. The predicted molar refractivity (Wildman–Crippen MR) is 82.8 cm³/mol. The maximum atomic E-state index is 12.4. The first kappa shape index (κ1) is 14.9. The van der Waals surface area contributed by atoms with Gasteiger partial charge in [-0.1, -0.05) is 18.2 Å². The van der Waals surface area contributed by atoms with Crippen LogP contribution in [0.1, 0.15) is 30.4 Å². The summed E-state index contributed by atoms with van der Waals surface area (Å²) in [6, 6.07) is 6.37. The number of carbonyl (C=O) groups is 1. The van der Waals surface area contributed by atoms with Gasteiger partial charge in [-0.05, 0) is 44.2 Å². The zero-order valence-electron chi connectivity index (χ0n) is 12.5. The third-order valence-corrected chi connectivity index (χ3v) is 4.12. The van der Waals surface area contributed by atoms with Gasteiger partial charge in [0.15, 0.2) is 0 Å². The van der Waals surface area contributed by atoms with Crippen LogP contribution in [0.4, 0.5) is 5.69 Å². The highest BCUT2D eigenvalue weighted by atomic mass is 16.2. The molecular weight excluding hydrogens is 250 g/mol. The molecule has 1 fully saturated rings. The second kappa shape index (κ2) is 6.75. The summed E-state index contributed by atoms with van der Waals surface area (Å²) in [7, 11) is 0. The highest BCUT2D eigenvalue weighted by Gasteiger charge is 2.25. The molecule has 1 aliphatic heterocycles. The van der Waals surface area contributed by atoms with Crippen molar-refractivity contribution in [1.29, 1.82) is 0 Å². The van der Waals surface area contributed by atoms with Crippen molar-refractivity contribution < 1.29 is 4.79 Å². The van der Waals surface area contributed by atoms with Gasteiger partial charge in [0.05, 0.1) is 6.54 Å². The van der Waals surface area contributed by atoms with Crippen molar-refractivity contribution in [3.05, 3.63) is 29.3 Å². The van der Waals surface area contributed by atoms with E-state index in [2.05, 4.69) is 31.3 Å². The van der Waals surface area contributed by atoms with Gasteiger partial charge in [0.2, 0.25) is 5.91 Å². The minimum atomic E-state index is 0.155. The van der Waals surface area contributed by atoms with Gasteiger partial charge in [0.1, 0.15) is 0 Å². The van der Waals surface area contributed by atoms with E-state index in [0.29, 0.717) is 13.1 Å². The number of amides is 1. The highest BCUT2D eigenvalue weighted by molar-refractivity contribution is 5.82. The Balaban J connectivity index is 1.98. The quantitative estimate of drug-likeness (QED) is 0.884. The van der Waals surface area contributed by atoms with Crippen LogP contribution in [0.3, 0.4) is 0 Å². The van der Waals surface area contributed by atoms with E-state index in [-0.39, 0.29) is 11.9 Å². The SMILES string of the molecule is Cc1cccc(C)c1NCC(=O)N1CCCCC1CN. The molecule has 1 aliphatic rings. The normalized spacial score (nSPS) is 18.9. The molecule has 1 aromatic carbocycles. The van der Waals surface area contributed by atoms with E-state index >= 15 is 0 Å². The molecule has 0 aromatic heterocycles. The molecule has 0 bridgehead atoms. The van der Waals surface area contributed by atoms with Crippen molar-refractivity contribution in [3.63, 3.8) is 0 Å². The molecule has 1 amide bonds. The highest BCUT2D eigenvalue weighted by Crippen LogP contribution is 2.20. The van der Waals surface area contributed by atoms with Gasteiger partial charge in [-0.3, -0.25) is 4.79 Å². The van der Waals surface area contributed by atoms with Gasteiger partial charge >= 0.3 is 0 Å². The second-order valence-electron chi connectivity index (χ2n) is 5.59. The number of anilines is 1. The Morgan fingerprint density at radius 1 is 1.35 bits per heavy atom. The average Bonchev–Trinajstić information content (AvgIpc) is 2.46. The number of nitrogens with one attached hydrogen (secondary N) is 1. The lowest BCUT2D eigenvalue weighted by Gasteiger charge is -2.35. The lowest BCUT2D eigenvalue weighted by atomic mass is 10.0. The van der Waals surface area contributed by atoms with Crippen LogP contribution in [-0.4, -0.2) is 36.5 Å². The fraction of sp³-hybridized carbons (Fsp3) is 0.562. The molecule has 3 N–H and O–H groups in total. The number of likely N-dealkylation sites (tertiary alicyclic amines) is 1. The number of rotatable bonds is 4. The van der Waals surface area contributed by atoms with Crippen LogP contribution in [0.15, 0.2) is 18.2 Å². The van der Waals surface area contributed by atoms with Crippen LogP contribution in [0.2, 0.25) is 0 Å². The molecular formula is C16H25N3O. The first-order valence-electron chi connectivity index (χ1n) is 7.43. The Kier molecular flexibility index (Phi) is 5.01. The Bertz CT molecular complexity index is 453. The Labute approximate surface area is 121 Å². The van der Waals surface area contributed by atoms with Crippen molar-refractivity contribution in [1.82, 2.24) is 4.90 Å². The molecule has 1 unspecified atom stereocenters. The molecule has 110 valence electrons. The van der Waals surface area contributed by atoms with Crippen LogP contribution in [-0.2, 0) is 4.79 Å². The largest absolute Gasteiger partial charge is 0.376 e. The van der Waals surface area contributed by atoms with E-state index in [1.54, 1.807) is 0 Å². The number of piperidine rings is 1. The van der Waals surface area contributed by atoms with Crippen molar-refractivity contribution in [2.24, 2.45) is 5.73 Å². The van der Waals surface area contributed by atoms with E-state index in [1.165, 1.54) is 17.5 Å². The van der Waals surface area contributed by atoms with E-state index in [0.717, 1.165) is 25.1 Å². The van der Waals surface area contributed by atoms with Crippen LogP contribution >= 0.6 is 0 Å². The molecule has 0 radical (unpaired) electrons. The van der Waals surface area contributed by atoms with Gasteiger partial charge in [-0.2, -0.15) is 0 Å². The smallest absolute Gasteiger partial charge is 0.242 e. The molecule has 20 heavy (non-hydrogen) atoms. The fourth-order valence-corrected chi connectivity index (χ4v) is 2.93. The number of nitrogens with zero attached hydrogens (tertiary/aromatic N) is 1. The maximum absolute atomic E-state index is 12.4. The summed E-state index contributed by atoms with van der Waals surface area (Å²) in [6.07, 6.45) is 3.30. The van der Waals surface area contributed by atoms with Crippen LogP contribution in [0.5, 0.6) is 0 Å². The standard InChI is InChI=1S/C16H25N3O/c1-12-6-5-7-13(2)16(12)18-11-15(20)19-9-4-3-8-14(19)10-17/h5-7,14,18H,3-4,8-11,17H2,1-2H3. The minimum absolute atomic E-state index is 0.155. The van der Waals surface area contributed by atoms with Crippen molar-refractivity contribution in [2.75, 3.05) is 25.0 Å². The van der Waals surface area contributed by atoms with Gasteiger partial charge in [0, 0.05) is 24.8 Å². The van der Waals surface area contributed by atoms with Crippen molar-refractivity contribution in [3.8, 4) is 0 Å². The number of para-hydroxylation sites is 1. The monoisotopic (exact) mass is 275 g/mol. The maximum Gasteiger partial charge on any atom is 0.242 e. The summed E-state index contributed by atoms with van der Waals surface area (Å²) >= 11 is 0. The number of carbonyl (C=O) groups excluding carboxylic acids is 1. The second-order valence-corrected chi connectivity index (χ2v) is 5.59. The molecule has 1 atom stereocenters. The van der Waals surface area contributed by atoms with E-state index in [4.69, 9.17) is 5.73 Å². The topological polar surface area (TPSA) is 58.4 Å². The van der Waals surface area contributed by atoms with E-state index in [1.807, 2.05) is 11.0 Å². The van der Waals surface area contributed by atoms with Gasteiger partial charge in [-0.15, -0.1) is 0 Å². The van der Waals surface area contributed by atoms with Crippen LogP contribution < -0.4 is 11.1 Å². The van der Waals surface area contributed by atoms with E-state index in [9.17, 15) is 4.79 Å². The number of nitrogens with two attached hydrogens (primary N) is 1. The van der Waals surface area contributed by atoms with Crippen LogP contribution in [0.25, 0.3) is 0 Å². The zero-order valence-corrected chi connectivity index (χ0v) is 12.5. The van der Waals surface area contributed by atoms with Crippen LogP contribution in [0, 0.1) is 13.8 Å². The fourth-order valence-electron chi connectivity index (χ4n) is 2.93. The first-order chi connectivity index (χ1) is 9.63. The lowest BCUT2D eigenvalue weighted by molar-refractivity contribution is -0.132. The molecule has 1 saturated heterocycles. The summed E-state index contributed by atoms with van der Waals surface area (Å²) in [4.78, 5) is 14.3. The number of hydrogen-bond acceptors (Lipinski definition) is 3. The molecule has 2 rings (SSSR count). The molecule has 1 aromatic rings. The summed E-state index contributed by atoms with van der Waals surface area (Å²) < 4.78 is 0. The van der Waals surface area contributed by atoms with Crippen molar-refractivity contribution in [2.45, 2.75) is 39.2 Å². The Morgan fingerprint density at radius 3 is 2.70 bits per heavy atom. The van der Waals surface area contributed by atoms with Gasteiger partial charge in [0.25, 0.3) is 0 Å². The number of benzene rings is 1. The number of hydrogen-bond donors (Lipinski definition) is 2. The molecule has 4 heteroatoms. The Hall–Kier alpha value is -1.55. The minimum Gasteiger partial charge on any atom is -0.376 e.